The largest absolute Gasteiger partial charge is 0.307 e. The number of anilines is 1. The number of hydrogen-bond acceptors (Lipinski definition) is 6. The number of carbonyl (C=O) groups is 1. The smallest absolute Gasteiger partial charge is 0.303 e. The number of hydrogen-bond donors (Lipinski definition) is 1. The number of carbonyl (C=O) groups excluding carboxylic acids is 1. The van der Waals surface area contributed by atoms with Crippen LogP contribution in [0.4, 0.5) is 11.5 Å². The van der Waals surface area contributed by atoms with Crippen LogP contribution in [0.3, 0.4) is 0 Å². The van der Waals surface area contributed by atoms with Gasteiger partial charge in [0.25, 0.3) is 5.91 Å². The molecule has 0 spiro atoms. The Kier molecular flexibility index (Phi) is 6.16. The van der Waals surface area contributed by atoms with Gasteiger partial charge in [-0.25, -0.2) is 0 Å². The summed E-state index contributed by atoms with van der Waals surface area (Å²) in [5.74, 6) is 0.122. The Morgan fingerprint density at radius 3 is 2.65 bits per heavy atom. The predicted octanol–water partition coefficient (Wildman–Crippen LogP) is 4.81. The van der Waals surface area contributed by atoms with Crippen molar-refractivity contribution < 1.29 is 9.72 Å². The summed E-state index contributed by atoms with van der Waals surface area (Å²) < 4.78 is 3.83. The summed E-state index contributed by atoms with van der Waals surface area (Å²) in [5, 5.41) is 24.4. The van der Waals surface area contributed by atoms with E-state index in [0.29, 0.717) is 33.3 Å². The molecule has 0 aliphatic carbocycles. The maximum Gasteiger partial charge on any atom is 0.307 e. The molecular formula is C19H14BrClN6O3S. The minimum Gasteiger partial charge on any atom is -0.303 e. The highest BCUT2D eigenvalue weighted by Gasteiger charge is 2.15. The van der Waals surface area contributed by atoms with Crippen LogP contribution < -0.4 is 5.32 Å². The molecule has 9 nitrogen and oxygen atoms in total. The fourth-order valence-electron chi connectivity index (χ4n) is 2.81. The van der Waals surface area contributed by atoms with Gasteiger partial charge in [-0.05, 0) is 50.6 Å². The van der Waals surface area contributed by atoms with Crippen molar-refractivity contribution in [3.05, 3.63) is 89.9 Å². The van der Waals surface area contributed by atoms with Crippen molar-refractivity contribution in [2.24, 2.45) is 0 Å². The average Bonchev–Trinajstić information content (AvgIpc) is 3.45. The van der Waals surface area contributed by atoms with Crippen molar-refractivity contribution in [2.75, 3.05) is 5.32 Å². The number of nitro groups is 1. The van der Waals surface area contributed by atoms with Crippen molar-refractivity contribution in [3.8, 4) is 0 Å². The zero-order chi connectivity index (χ0) is 22.0. The highest BCUT2D eigenvalue weighted by atomic mass is 79.9. The van der Waals surface area contributed by atoms with Crippen LogP contribution in [0.2, 0.25) is 5.02 Å². The molecule has 4 aromatic rings. The molecule has 12 heteroatoms. The Balaban J connectivity index is 1.40. The zero-order valence-electron chi connectivity index (χ0n) is 15.7. The minimum absolute atomic E-state index is 0.0766. The second-order valence-corrected chi connectivity index (χ2v) is 8.78. The summed E-state index contributed by atoms with van der Waals surface area (Å²) in [7, 11) is 0. The number of benzene rings is 1. The van der Waals surface area contributed by atoms with E-state index < -0.39 is 4.92 Å². The number of aromatic nitrogens is 4. The maximum absolute atomic E-state index is 12.6. The molecule has 0 bridgehead atoms. The third-order valence-corrected chi connectivity index (χ3v) is 6.07. The van der Waals surface area contributed by atoms with Crippen LogP contribution in [0.15, 0.2) is 58.8 Å². The first-order valence-electron chi connectivity index (χ1n) is 8.90. The fraction of sp³-hybridized carbons (Fsp3) is 0.105. The van der Waals surface area contributed by atoms with E-state index in [2.05, 4.69) is 31.4 Å². The number of rotatable bonds is 7. The van der Waals surface area contributed by atoms with Gasteiger partial charge in [0, 0.05) is 11.2 Å². The van der Waals surface area contributed by atoms with Crippen molar-refractivity contribution in [2.45, 2.75) is 13.1 Å². The maximum atomic E-state index is 12.6. The average molecular weight is 522 g/mol. The lowest BCUT2D eigenvalue weighted by Gasteiger charge is -2.02. The van der Waals surface area contributed by atoms with Gasteiger partial charge in [-0.15, -0.1) is 11.3 Å². The fourth-order valence-corrected chi connectivity index (χ4v) is 4.15. The summed E-state index contributed by atoms with van der Waals surface area (Å²) in [6, 6.07) is 9.18. The molecule has 3 aromatic heterocycles. The number of nitrogens with zero attached hydrogens (tertiary/aromatic N) is 5. The van der Waals surface area contributed by atoms with Gasteiger partial charge in [0.2, 0.25) is 0 Å². The van der Waals surface area contributed by atoms with E-state index in [1.54, 1.807) is 16.9 Å². The lowest BCUT2D eigenvalue weighted by Crippen LogP contribution is -2.12. The van der Waals surface area contributed by atoms with E-state index in [0.717, 1.165) is 11.1 Å². The number of nitrogens with one attached hydrogen (secondary N) is 1. The van der Waals surface area contributed by atoms with Gasteiger partial charge < -0.3 is 5.32 Å². The SMILES string of the molecule is O=C(Nc1nn(Cc2ccc(Cl)cc2)cc1Br)c1cc(Cn2cc([N+](=O)[O-])cn2)cs1. The summed E-state index contributed by atoms with van der Waals surface area (Å²) in [5.41, 5.74) is 1.77. The molecule has 3 heterocycles. The van der Waals surface area contributed by atoms with Gasteiger partial charge in [-0.2, -0.15) is 10.2 Å². The van der Waals surface area contributed by atoms with Gasteiger partial charge >= 0.3 is 5.69 Å². The molecule has 0 atom stereocenters. The number of amides is 1. The van der Waals surface area contributed by atoms with Gasteiger partial charge in [0.1, 0.15) is 12.4 Å². The molecule has 158 valence electrons. The van der Waals surface area contributed by atoms with Crippen molar-refractivity contribution in [1.29, 1.82) is 0 Å². The van der Waals surface area contributed by atoms with E-state index >= 15 is 0 Å². The third-order valence-electron chi connectivity index (χ3n) is 4.26. The van der Waals surface area contributed by atoms with Crippen molar-refractivity contribution >= 4 is 56.3 Å². The quantitative estimate of drug-likeness (QED) is 0.277. The first-order valence-corrected chi connectivity index (χ1v) is 11.0. The van der Waals surface area contributed by atoms with Crippen molar-refractivity contribution in [1.82, 2.24) is 19.6 Å². The molecule has 0 saturated heterocycles. The van der Waals surface area contributed by atoms with Crippen molar-refractivity contribution in [3.63, 3.8) is 0 Å². The van der Waals surface area contributed by atoms with Crippen LogP contribution in [-0.4, -0.2) is 30.4 Å². The monoisotopic (exact) mass is 520 g/mol. The highest BCUT2D eigenvalue weighted by Crippen LogP contribution is 2.24. The van der Waals surface area contributed by atoms with E-state index in [-0.39, 0.29) is 11.6 Å². The minimum atomic E-state index is -0.500. The molecule has 1 aromatic carbocycles. The van der Waals surface area contributed by atoms with Crippen LogP contribution in [0.5, 0.6) is 0 Å². The summed E-state index contributed by atoms with van der Waals surface area (Å²) in [4.78, 5) is 23.4. The molecular weight excluding hydrogens is 508 g/mol. The summed E-state index contributed by atoms with van der Waals surface area (Å²) in [6.07, 6.45) is 4.33. The van der Waals surface area contributed by atoms with E-state index in [4.69, 9.17) is 11.6 Å². The van der Waals surface area contributed by atoms with Gasteiger partial charge in [-0.3, -0.25) is 24.3 Å². The topological polar surface area (TPSA) is 108 Å². The molecule has 1 N–H and O–H groups in total. The molecule has 4 rings (SSSR count). The van der Waals surface area contributed by atoms with Crippen LogP contribution in [0.1, 0.15) is 20.8 Å². The Hall–Kier alpha value is -3.02. The summed E-state index contributed by atoms with van der Waals surface area (Å²) >= 11 is 10.6. The first kappa shape index (κ1) is 21.2. The predicted molar refractivity (Wildman–Crippen MR) is 121 cm³/mol. The standard InChI is InChI=1S/C19H14BrClN6O3S/c20-16-10-26(7-12-1-3-14(21)4-2-12)24-18(16)23-19(28)17-5-13(11-31-17)8-25-9-15(6-22-25)27(29)30/h1-6,9-11H,7-8H2,(H,23,24,28). The molecule has 31 heavy (non-hydrogen) atoms. The second-order valence-electron chi connectivity index (χ2n) is 6.58. The lowest BCUT2D eigenvalue weighted by atomic mass is 10.2. The second kappa shape index (κ2) is 9.00. The normalized spacial score (nSPS) is 10.9. The van der Waals surface area contributed by atoms with Crippen LogP contribution in [-0.2, 0) is 13.1 Å². The molecule has 1 amide bonds. The molecule has 0 aliphatic rings. The van der Waals surface area contributed by atoms with Gasteiger partial charge in [0.05, 0.1) is 27.4 Å². The molecule has 0 aliphatic heterocycles. The number of thiophene rings is 1. The third kappa shape index (κ3) is 5.19. The van der Waals surface area contributed by atoms with Crippen LogP contribution in [0, 0.1) is 10.1 Å². The molecule has 0 saturated carbocycles. The van der Waals surface area contributed by atoms with Gasteiger partial charge in [0.15, 0.2) is 5.82 Å². The van der Waals surface area contributed by atoms with Gasteiger partial charge in [-0.1, -0.05) is 23.7 Å². The first-order chi connectivity index (χ1) is 14.9. The zero-order valence-corrected chi connectivity index (χ0v) is 18.9. The van der Waals surface area contributed by atoms with Crippen LogP contribution in [0.25, 0.3) is 0 Å². The van der Waals surface area contributed by atoms with E-state index in [1.165, 1.54) is 28.4 Å². The Morgan fingerprint density at radius 1 is 1.19 bits per heavy atom. The Morgan fingerprint density at radius 2 is 1.94 bits per heavy atom. The highest BCUT2D eigenvalue weighted by molar-refractivity contribution is 9.10. The lowest BCUT2D eigenvalue weighted by molar-refractivity contribution is -0.385. The molecule has 0 fully saturated rings. The molecule has 0 radical (unpaired) electrons. The van der Waals surface area contributed by atoms with E-state index in [1.807, 2.05) is 29.6 Å². The van der Waals surface area contributed by atoms with E-state index in [9.17, 15) is 14.9 Å². The Labute approximate surface area is 193 Å². The molecule has 0 unspecified atom stereocenters. The number of halogens is 2. The van der Waals surface area contributed by atoms with Crippen LogP contribution >= 0.6 is 38.9 Å². The Bertz CT molecular complexity index is 1250. The summed E-state index contributed by atoms with van der Waals surface area (Å²) in [6.45, 7) is 0.863.